The van der Waals surface area contributed by atoms with E-state index in [-0.39, 0.29) is 0 Å². The maximum Gasteiger partial charge on any atom is 0.0170 e. The maximum absolute atomic E-state index is 2.76. The van der Waals surface area contributed by atoms with Crippen molar-refractivity contribution in [2.24, 2.45) is 5.92 Å². The number of rotatable bonds is 1. The Kier molecular flexibility index (Phi) is 2.96. The van der Waals surface area contributed by atoms with Crippen molar-refractivity contribution in [1.82, 2.24) is 4.90 Å². The summed E-state index contributed by atoms with van der Waals surface area (Å²) >= 11 is 0. The van der Waals surface area contributed by atoms with Crippen LogP contribution in [0.3, 0.4) is 0 Å². The molecule has 2 heterocycles. The van der Waals surface area contributed by atoms with E-state index in [4.69, 9.17) is 0 Å². The van der Waals surface area contributed by atoms with Crippen LogP contribution < -0.4 is 0 Å². The number of benzene rings is 1. The van der Waals surface area contributed by atoms with Crippen molar-refractivity contribution < 1.29 is 0 Å². The van der Waals surface area contributed by atoms with Crippen molar-refractivity contribution in [2.45, 2.75) is 51.1 Å². The summed E-state index contributed by atoms with van der Waals surface area (Å²) in [6.07, 6.45) is 4.15. The molecule has 0 saturated carbocycles. The molecule has 0 aromatic heterocycles. The summed E-state index contributed by atoms with van der Waals surface area (Å²) in [6.45, 7) is 6.16. The van der Waals surface area contributed by atoms with Gasteiger partial charge in [-0.3, -0.25) is 4.90 Å². The fourth-order valence-electron chi connectivity index (χ4n) is 3.98. The number of fused-ring (bicyclic) bond motifs is 1. The second-order valence-corrected chi connectivity index (χ2v) is 5.93. The number of hydrogen-bond donors (Lipinski definition) is 0. The van der Waals surface area contributed by atoms with E-state index >= 15 is 0 Å². The molecular formula is C16H23N. The molecule has 2 aliphatic heterocycles. The van der Waals surface area contributed by atoms with Crippen LogP contribution >= 0.6 is 0 Å². The minimum atomic E-state index is 0.759. The molecule has 92 valence electrons. The quantitative estimate of drug-likeness (QED) is 0.710. The number of hydrogen-bond acceptors (Lipinski definition) is 1. The van der Waals surface area contributed by atoms with Crippen LogP contribution in [0.1, 0.15) is 44.6 Å². The van der Waals surface area contributed by atoms with Crippen LogP contribution in [0.5, 0.6) is 0 Å². The SMILES string of the molecule is C[C@H]1CCN2[C@H](CC[C@@H]2C)[C@H]1c1ccccc1. The second kappa shape index (κ2) is 4.45. The van der Waals surface area contributed by atoms with Gasteiger partial charge in [-0.15, -0.1) is 0 Å². The van der Waals surface area contributed by atoms with Crippen molar-refractivity contribution >= 4 is 0 Å². The van der Waals surface area contributed by atoms with E-state index in [9.17, 15) is 0 Å². The fraction of sp³-hybridized carbons (Fsp3) is 0.625. The van der Waals surface area contributed by atoms with Crippen molar-refractivity contribution in [3.8, 4) is 0 Å². The molecular weight excluding hydrogens is 206 g/mol. The molecule has 1 aromatic rings. The molecule has 0 radical (unpaired) electrons. The van der Waals surface area contributed by atoms with E-state index in [0.717, 1.165) is 23.9 Å². The third kappa shape index (κ3) is 1.91. The Labute approximate surface area is 105 Å². The Balaban J connectivity index is 1.91. The zero-order valence-corrected chi connectivity index (χ0v) is 11.0. The molecule has 2 fully saturated rings. The maximum atomic E-state index is 2.76. The van der Waals surface area contributed by atoms with Gasteiger partial charge in [0.2, 0.25) is 0 Å². The van der Waals surface area contributed by atoms with Gasteiger partial charge < -0.3 is 0 Å². The molecule has 0 N–H and O–H groups in total. The molecule has 4 atom stereocenters. The molecule has 1 heteroatoms. The molecule has 0 aliphatic carbocycles. The van der Waals surface area contributed by atoms with Crippen molar-refractivity contribution in [1.29, 1.82) is 0 Å². The van der Waals surface area contributed by atoms with Gasteiger partial charge in [0.1, 0.15) is 0 Å². The first-order valence-electron chi connectivity index (χ1n) is 7.08. The highest BCUT2D eigenvalue weighted by molar-refractivity contribution is 5.24. The van der Waals surface area contributed by atoms with E-state index < -0.39 is 0 Å². The third-order valence-corrected chi connectivity index (χ3v) is 4.93. The van der Waals surface area contributed by atoms with Crippen LogP contribution in [-0.2, 0) is 0 Å². The van der Waals surface area contributed by atoms with Gasteiger partial charge in [0.15, 0.2) is 0 Å². The lowest BCUT2D eigenvalue weighted by molar-refractivity contribution is 0.103. The monoisotopic (exact) mass is 229 g/mol. The van der Waals surface area contributed by atoms with Crippen LogP contribution in [0.15, 0.2) is 30.3 Å². The lowest BCUT2D eigenvalue weighted by atomic mass is 9.76. The molecule has 0 amide bonds. The fourth-order valence-corrected chi connectivity index (χ4v) is 3.98. The normalized spacial score (nSPS) is 38.0. The minimum Gasteiger partial charge on any atom is -0.297 e. The van der Waals surface area contributed by atoms with Gasteiger partial charge in [-0.05, 0) is 44.2 Å². The zero-order chi connectivity index (χ0) is 11.8. The molecule has 0 spiro atoms. The van der Waals surface area contributed by atoms with E-state index in [1.54, 1.807) is 5.56 Å². The van der Waals surface area contributed by atoms with Gasteiger partial charge in [-0.25, -0.2) is 0 Å². The van der Waals surface area contributed by atoms with Crippen molar-refractivity contribution in [2.75, 3.05) is 6.54 Å². The summed E-state index contributed by atoms with van der Waals surface area (Å²) in [5.41, 5.74) is 1.56. The van der Waals surface area contributed by atoms with Crippen LogP contribution in [0.4, 0.5) is 0 Å². The minimum absolute atomic E-state index is 0.759. The van der Waals surface area contributed by atoms with Crippen LogP contribution in [0.2, 0.25) is 0 Å². The van der Waals surface area contributed by atoms with Gasteiger partial charge in [0, 0.05) is 18.0 Å². The summed E-state index contributed by atoms with van der Waals surface area (Å²) in [5, 5.41) is 0. The molecule has 2 saturated heterocycles. The number of nitrogens with zero attached hydrogens (tertiary/aromatic N) is 1. The molecule has 1 aromatic carbocycles. The lowest BCUT2D eigenvalue weighted by Crippen LogP contribution is -2.45. The van der Waals surface area contributed by atoms with E-state index in [1.165, 1.54) is 25.8 Å². The highest BCUT2D eigenvalue weighted by Crippen LogP contribution is 2.43. The largest absolute Gasteiger partial charge is 0.297 e. The molecule has 0 bridgehead atoms. The first-order chi connectivity index (χ1) is 8.27. The Morgan fingerprint density at radius 1 is 1.00 bits per heavy atom. The average molecular weight is 229 g/mol. The van der Waals surface area contributed by atoms with Gasteiger partial charge in [-0.1, -0.05) is 37.3 Å². The van der Waals surface area contributed by atoms with Gasteiger partial charge in [0.25, 0.3) is 0 Å². The van der Waals surface area contributed by atoms with Gasteiger partial charge in [0.05, 0.1) is 0 Å². The molecule has 0 unspecified atom stereocenters. The average Bonchev–Trinajstić information content (AvgIpc) is 2.72. The summed E-state index contributed by atoms with van der Waals surface area (Å²) < 4.78 is 0. The predicted molar refractivity (Wildman–Crippen MR) is 72.2 cm³/mol. The van der Waals surface area contributed by atoms with E-state index in [0.29, 0.717) is 0 Å². The Bertz CT molecular complexity index is 372. The Hall–Kier alpha value is -0.820. The molecule has 2 aliphatic rings. The zero-order valence-electron chi connectivity index (χ0n) is 11.0. The predicted octanol–water partition coefficient (Wildman–Crippen LogP) is 3.66. The highest BCUT2D eigenvalue weighted by atomic mass is 15.2. The van der Waals surface area contributed by atoms with Crippen LogP contribution in [0, 0.1) is 5.92 Å². The van der Waals surface area contributed by atoms with Crippen molar-refractivity contribution in [3.63, 3.8) is 0 Å². The van der Waals surface area contributed by atoms with E-state index in [2.05, 4.69) is 49.1 Å². The van der Waals surface area contributed by atoms with Crippen LogP contribution in [0.25, 0.3) is 0 Å². The Morgan fingerprint density at radius 2 is 1.76 bits per heavy atom. The molecule has 3 rings (SSSR count). The van der Waals surface area contributed by atoms with Crippen molar-refractivity contribution in [3.05, 3.63) is 35.9 Å². The third-order valence-electron chi connectivity index (χ3n) is 4.93. The first kappa shape index (κ1) is 11.3. The summed E-state index contributed by atoms with van der Waals surface area (Å²) in [6, 6.07) is 12.8. The smallest absolute Gasteiger partial charge is 0.0170 e. The molecule has 17 heavy (non-hydrogen) atoms. The lowest BCUT2D eigenvalue weighted by Gasteiger charge is -2.43. The Morgan fingerprint density at radius 3 is 2.53 bits per heavy atom. The highest BCUT2D eigenvalue weighted by Gasteiger charge is 2.41. The van der Waals surface area contributed by atoms with E-state index in [1.807, 2.05) is 0 Å². The standard InChI is InChI=1S/C16H23N/c1-12-10-11-17-13(2)8-9-15(17)16(12)14-6-4-3-5-7-14/h3-7,12-13,15-16H,8-11H2,1-2H3/t12-,13-,15+,16+/m0/s1. The van der Waals surface area contributed by atoms with Gasteiger partial charge in [-0.2, -0.15) is 0 Å². The van der Waals surface area contributed by atoms with Gasteiger partial charge >= 0.3 is 0 Å². The summed E-state index contributed by atoms with van der Waals surface area (Å²) in [4.78, 5) is 2.76. The summed E-state index contributed by atoms with van der Waals surface area (Å²) in [7, 11) is 0. The first-order valence-corrected chi connectivity index (χ1v) is 7.08. The van der Waals surface area contributed by atoms with Crippen LogP contribution in [-0.4, -0.2) is 23.5 Å². The number of piperidine rings is 1. The second-order valence-electron chi connectivity index (χ2n) is 5.93. The summed E-state index contributed by atoms with van der Waals surface area (Å²) in [5.74, 6) is 1.60. The molecule has 1 nitrogen and oxygen atoms in total. The topological polar surface area (TPSA) is 3.24 Å².